The molecule has 0 heterocycles. The summed E-state index contributed by atoms with van der Waals surface area (Å²) in [6, 6.07) is 5.80. The summed E-state index contributed by atoms with van der Waals surface area (Å²) in [6.07, 6.45) is 0.595. The van der Waals surface area contributed by atoms with Crippen molar-refractivity contribution in [1.29, 1.82) is 0 Å². The summed E-state index contributed by atoms with van der Waals surface area (Å²) in [5.41, 5.74) is 1.03. The Morgan fingerprint density at radius 1 is 1.22 bits per heavy atom. The van der Waals surface area contributed by atoms with Crippen molar-refractivity contribution in [2.75, 3.05) is 26.8 Å². The Balaban J connectivity index is 2.56. The van der Waals surface area contributed by atoms with Gasteiger partial charge in [-0.3, -0.25) is 0 Å². The Bertz CT molecular complexity index is 466. The highest BCUT2D eigenvalue weighted by molar-refractivity contribution is 5.44. The maximum atomic E-state index is 10.1. The maximum absolute atomic E-state index is 10.1. The number of hydrogen-bond acceptors (Lipinski definition) is 4. The van der Waals surface area contributed by atoms with Crippen LogP contribution >= 0.6 is 0 Å². The number of ether oxygens (including phenoxy) is 2. The van der Waals surface area contributed by atoms with Crippen LogP contribution in [0.5, 0.6) is 11.5 Å². The highest BCUT2D eigenvalue weighted by atomic mass is 16.5. The van der Waals surface area contributed by atoms with Crippen molar-refractivity contribution < 1.29 is 14.6 Å². The van der Waals surface area contributed by atoms with E-state index in [4.69, 9.17) is 9.47 Å². The second-order valence-electron chi connectivity index (χ2n) is 7.46. The Morgan fingerprint density at radius 3 is 2.48 bits per heavy atom. The van der Waals surface area contributed by atoms with Gasteiger partial charge < -0.3 is 19.9 Å². The van der Waals surface area contributed by atoms with Gasteiger partial charge in [0.15, 0.2) is 0 Å². The van der Waals surface area contributed by atoms with Gasteiger partial charge in [0.2, 0.25) is 0 Å². The zero-order chi connectivity index (χ0) is 17.5. The van der Waals surface area contributed by atoms with E-state index in [2.05, 4.69) is 39.9 Å². The van der Waals surface area contributed by atoms with E-state index in [1.165, 1.54) is 0 Å². The van der Waals surface area contributed by atoms with Crippen LogP contribution in [0, 0.1) is 5.92 Å². The van der Waals surface area contributed by atoms with E-state index in [0.29, 0.717) is 12.5 Å². The summed E-state index contributed by atoms with van der Waals surface area (Å²) in [5, 5.41) is 13.3. The molecule has 0 fully saturated rings. The van der Waals surface area contributed by atoms with E-state index < -0.39 is 6.10 Å². The summed E-state index contributed by atoms with van der Waals surface area (Å²) in [5.74, 6) is 2.29. The van der Waals surface area contributed by atoms with E-state index in [9.17, 15) is 5.11 Å². The summed E-state index contributed by atoms with van der Waals surface area (Å²) in [7, 11) is 1.66. The lowest BCUT2D eigenvalue weighted by molar-refractivity contribution is 0.105. The summed E-state index contributed by atoms with van der Waals surface area (Å²) in [6.45, 7) is 12.6. The van der Waals surface area contributed by atoms with Gasteiger partial charge in [0, 0.05) is 12.1 Å². The van der Waals surface area contributed by atoms with Crippen molar-refractivity contribution in [3.63, 3.8) is 0 Å². The van der Waals surface area contributed by atoms with Gasteiger partial charge in [0.1, 0.15) is 24.2 Å². The third kappa shape index (κ3) is 7.23. The second-order valence-corrected chi connectivity index (χ2v) is 7.46. The maximum Gasteiger partial charge on any atom is 0.123 e. The molecule has 0 bridgehead atoms. The monoisotopic (exact) mass is 323 g/mol. The molecular weight excluding hydrogens is 290 g/mol. The third-order valence-corrected chi connectivity index (χ3v) is 3.70. The molecule has 1 aromatic rings. The van der Waals surface area contributed by atoms with Crippen LogP contribution in [0.2, 0.25) is 0 Å². The molecule has 0 saturated carbocycles. The highest BCUT2D eigenvalue weighted by Crippen LogP contribution is 2.34. The van der Waals surface area contributed by atoms with Crippen LogP contribution in [0.3, 0.4) is 0 Å². The average molecular weight is 323 g/mol. The Labute approximate surface area is 141 Å². The van der Waals surface area contributed by atoms with Crippen LogP contribution in [-0.4, -0.2) is 38.0 Å². The molecule has 0 aliphatic heterocycles. The number of benzene rings is 1. The molecule has 2 N–H and O–H groups in total. The molecule has 0 amide bonds. The van der Waals surface area contributed by atoms with Crippen molar-refractivity contribution in [1.82, 2.24) is 5.32 Å². The van der Waals surface area contributed by atoms with Gasteiger partial charge in [0.05, 0.1) is 7.11 Å². The number of rotatable bonds is 9. The van der Waals surface area contributed by atoms with E-state index in [1.54, 1.807) is 7.11 Å². The molecule has 1 aromatic carbocycles. The van der Waals surface area contributed by atoms with Gasteiger partial charge in [-0.1, -0.05) is 34.6 Å². The topological polar surface area (TPSA) is 50.7 Å². The van der Waals surface area contributed by atoms with Gasteiger partial charge in [-0.15, -0.1) is 0 Å². The van der Waals surface area contributed by atoms with Gasteiger partial charge in [0.25, 0.3) is 0 Å². The van der Waals surface area contributed by atoms with Crippen LogP contribution in [0.15, 0.2) is 18.2 Å². The lowest BCUT2D eigenvalue weighted by Crippen LogP contribution is -2.32. The van der Waals surface area contributed by atoms with E-state index in [0.717, 1.165) is 30.0 Å². The molecule has 0 aliphatic rings. The van der Waals surface area contributed by atoms with Crippen molar-refractivity contribution >= 4 is 0 Å². The first-order valence-corrected chi connectivity index (χ1v) is 8.44. The van der Waals surface area contributed by atoms with E-state index in [-0.39, 0.29) is 12.0 Å². The zero-order valence-electron chi connectivity index (χ0n) is 15.5. The number of nitrogens with one attached hydrogen (secondary N) is 1. The molecule has 132 valence electrons. The first-order chi connectivity index (χ1) is 10.7. The van der Waals surface area contributed by atoms with Crippen molar-refractivity contribution in [2.24, 2.45) is 5.92 Å². The van der Waals surface area contributed by atoms with Gasteiger partial charge in [-0.25, -0.2) is 0 Å². The molecule has 0 saturated heterocycles. The highest BCUT2D eigenvalue weighted by Gasteiger charge is 2.20. The lowest BCUT2D eigenvalue weighted by atomic mass is 9.86. The minimum Gasteiger partial charge on any atom is -0.497 e. The standard InChI is InChI=1S/C19H33NO3/c1-14(2)9-10-20-12-15(21)13-23-18-8-7-16(22-6)11-17(18)19(3,4)5/h7-8,11,14-15,20-21H,9-10,12-13H2,1-6H3/t15-/m0/s1. The van der Waals surface area contributed by atoms with Crippen LogP contribution in [0.1, 0.15) is 46.6 Å². The van der Waals surface area contributed by atoms with Crippen LogP contribution in [0.4, 0.5) is 0 Å². The fourth-order valence-corrected chi connectivity index (χ4v) is 2.25. The first-order valence-electron chi connectivity index (χ1n) is 8.44. The molecule has 0 unspecified atom stereocenters. The van der Waals surface area contributed by atoms with Crippen LogP contribution in [0.25, 0.3) is 0 Å². The molecule has 4 heteroatoms. The summed E-state index contributed by atoms with van der Waals surface area (Å²) < 4.78 is 11.2. The predicted octanol–water partition coefficient (Wildman–Crippen LogP) is 3.37. The predicted molar refractivity (Wildman–Crippen MR) is 95.5 cm³/mol. The number of methoxy groups -OCH3 is 1. The first kappa shape index (κ1) is 19.8. The van der Waals surface area contributed by atoms with E-state index in [1.807, 2.05) is 18.2 Å². The number of hydrogen-bond donors (Lipinski definition) is 2. The van der Waals surface area contributed by atoms with Crippen molar-refractivity contribution in [3.8, 4) is 11.5 Å². The molecule has 0 spiro atoms. The van der Waals surface area contributed by atoms with Crippen molar-refractivity contribution in [2.45, 2.75) is 52.6 Å². The molecular formula is C19H33NO3. The molecule has 0 radical (unpaired) electrons. The van der Waals surface area contributed by atoms with E-state index >= 15 is 0 Å². The Kier molecular flexibility index (Phi) is 7.86. The lowest BCUT2D eigenvalue weighted by Gasteiger charge is -2.24. The molecule has 1 atom stereocenters. The fourth-order valence-electron chi connectivity index (χ4n) is 2.25. The fraction of sp³-hybridized carbons (Fsp3) is 0.684. The number of aliphatic hydroxyl groups excluding tert-OH is 1. The van der Waals surface area contributed by atoms with Gasteiger partial charge in [-0.05, 0) is 42.5 Å². The van der Waals surface area contributed by atoms with Crippen LogP contribution < -0.4 is 14.8 Å². The quantitative estimate of drug-likeness (QED) is 0.684. The molecule has 0 aromatic heterocycles. The normalized spacial score (nSPS) is 13.2. The SMILES string of the molecule is COc1ccc(OC[C@@H](O)CNCCC(C)C)c(C(C)(C)C)c1. The van der Waals surface area contributed by atoms with Crippen molar-refractivity contribution in [3.05, 3.63) is 23.8 Å². The Hall–Kier alpha value is -1.26. The summed E-state index contributed by atoms with van der Waals surface area (Å²) >= 11 is 0. The van der Waals surface area contributed by atoms with Gasteiger partial charge >= 0.3 is 0 Å². The second kappa shape index (κ2) is 9.14. The molecule has 4 nitrogen and oxygen atoms in total. The summed E-state index contributed by atoms with van der Waals surface area (Å²) in [4.78, 5) is 0. The average Bonchev–Trinajstić information content (AvgIpc) is 2.48. The Morgan fingerprint density at radius 2 is 1.91 bits per heavy atom. The molecule has 1 rings (SSSR count). The third-order valence-electron chi connectivity index (χ3n) is 3.70. The van der Waals surface area contributed by atoms with Gasteiger partial charge in [-0.2, -0.15) is 0 Å². The minimum atomic E-state index is -0.517. The zero-order valence-corrected chi connectivity index (χ0v) is 15.5. The smallest absolute Gasteiger partial charge is 0.123 e. The number of aliphatic hydroxyl groups is 1. The van der Waals surface area contributed by atoms with Crippen LogP contribution in [-0.2, 0) is 5.41 Å². The molecule has 23 heavy (non-hydrogen) atoms. The molecule has 0 aliphatic carbocycles. The largest absolute Gasteiger partial charge is 0.497 e. The minimum absolute atomic E-state index is 0.0512.